The molecule has 0 spiro atoms. The third-order valence-electron chi connectivity index (χ3n) is 1.75. The van der Waals surface area contributed by atoms with Gasteiger partial charge in [-0.25, -0.2) is 0 Å². The Labute approximate surface area is 60.8 Å². The van der Waals surface area contributed by atoms with E-state index in [1.165, 1.54) is 11.1 Å². The largest absolute Gasteiger partial charge is 0.309 e. The van der Waals surface area contributed by atoms with Crippen LogP contribution in [0.2, 0.25) is 0 Å². The van der Waals surface area contributed by atoms with Crippen LogP contribution in [0.1, 0.15) is 11.1 Å². The van der Waals surface area contributed by atoms with Crippen LogP contribution >= 0.6 is 0 Å². The molecule has 0 fully saturated rings. The molecule has 2 nitrogen and oxygen atoms in total. The summed E-state index contributed by atoms with van der Waals surface area (Å²) in [5.41, 5.74) is 2.91. The molecular weight excluding hydrogens is 124 g/mol. The molecule has 2 rings (SSSR count). The van der Waals surface area contributed by atoms with Crippen molar-refractivity contribution in [2.75, 3.05) is 0 Å². The number of benzene rings is 1. The fraction of sp³-hybridized carbons (Fsp3) is 0.250. The third-order valence-corrected chi connectivity index (χ3v) is 1.75. The van der Waals surface area contributed by atoms with Crippen molar-refractivity contribution >= 4 is 0 Å². The molecule has 1 aromatic carbocycles. The highest BCUT2D eigenvalue weighted by molar-refractivity contribution is 5.29. The van der Waals surface area contributed by atoms with Gasteiger partial charge in [0.15, 0.2) is 0 Å². The van der Waals surface area contributed by atoms with Gasteiger partial charge in [-0.15, -0.1) is 0 Å². The molecule has 1 heterocycles. The summed E-state index contributed by atoms with van der Waals surface area (Å²) >= 11 is 0. The number of nitrogens with one attached hydrogen (secondary N) is 1. The average molecular weight is 133 g/mol. The van der Waals surface area contributed by atoms with Crippen molar-refractivity contribution < 1.29 is 0 Å². The second-order valence-corrected chi connectivity index (χ2v) is 2.37. The van der Waals surface area contributed by atoms with Crippen LogP contribution in [0.15, 0.2) is 24.3 Å². The summed E-state index contributed by atoms with van der Waals surface area (Å²) < 4.78 is 0. The SMILES string of the molecule is [N].c1ccc2c(c1)CNC2. The van der Waals surface area contributed by atoms with Crippen molar-refractivity contribution in [2.24, 2.45) is 0 Å². The molecule has 51 valence electrons. The Morgan fingerprint density at radius 3 is 2.00 bits per heavy atom. The van der Waals surface area contributed by atoms with Gasteiger partial charge in [0.1, 0.15) is 0 Å². The lowest BCUT2D eigenvalue weighted by Gasteiger charge is -1.91. The summed E-state index contributed by atoms with van der Waals surface area (Å²) in [4.78, 5) is 0. The summed E-state index contributed by atoms with van der Waals surface area (Å²) in [6.45, 7) is 2.10. The molecule has 0 bridgehead atoms. The first kappa shape index (κ1) is 7.25. The summed E-state index contributed by atoms with van der Waals surface area (Å²) in [6.07, 6.45) is 0. The Hall–Kier alpha value is -0.860. The van der Waals surface area contributed by atoms with Crippen molar-refractivity contribution in [3.63, 3.8) is 0 Å². The van der Waals surface area contributed by atoms with Crippen molar-refractivity contribution in [1.29, 1.82) is 0 Å². The van der Waals surface area contributed by atoms with Crippen molar-refractivity contribution in [2.45, 2.75) is 13.1 Å². The lowest BCUT2D eigenvalue weighted by molar-refractivity contribution is 0.765. The summed E-state index contributed by atoms with van der Waals surface area (Å²) in [7, 11) is 0. The number of fused-ring (bicyclic) bond motifs is 1. The van der Waals surface area contributed by atoms with E-state index >= 15 is 0 Å². The van der Waals surface area contributed by atoms with E-state index in [4.69, 9.17) is 0 Å². The van der Waals surface area contributed by atoms with E-state index in [9.17, 15) is 0 Å². The van der Waals surface area contributed by atoms with E-state index in [2.05, 4.69) is 29.6 Å². The van der Waals surface area contributed by atoms with Gasteiger partial charge in [0.25, 0.3) is 0 Å². The molecule has 0 aromatic heterocycles. The number of rotatable bonds is 0. The first-order valence-electron chi connectivity index (χ1n) is 3.24. The minimum atomic E-state index is 0. The molecule has 0 aliphatic carbocycles. The minimum absolute atomic E-state index is 0. The quantitative estimate of drug-likeness (QED) is 0.559. The summed E-state index contributed by atoms with van der Waals surface area (Å²) in [6, 6.07) is 8.53. The van der Waals surface area contributed by atoms with Gasteiger partial charge in [-0.2, -0.15) is 0 Å². The van der Waals surface area contributed by atoms with Gasteiger partial charge in [-0.05, 0) is 11.1 Å². The fourth-order valence-corrected chi connectivity index (χ4v) is 1.23. The predicted octanol–water partition coefficient (Wildman–Crippen LogP) is 0.809. The first-order valence-corrected chi connectivity index (χ1v) is 3.24. The van der Waals surface area contributed by atoms with Gasteiger partial charge in [0.05, 0.1) is 0 Å². The molecule has 0 saturated heterocycles. The molecule has 1 aliphatic rings. The Kier molecular flexibility index (Phi) is 2.04. The second kappa shape index (κ2) is 2.82. The molecule has 1 N–H and O–H groups in total. The van der Waals surface area contributed by atoms with E-state index in [-0.39, 0.29) is 6.15 Å². The van der Waals surface area contributed by atoms with E-state index in [0.29, 0.717) is 0 Å². The zero-order valence-electron chi connectivity index (χ0n) is 5.67. The Morgan fingerprint density at radius 1 is 1.00 bits per heavy atom. The maximum Gasteiger partial charge on any atom is 0.0211 e. The standard InChI is InChI=1S/C8H9N.N/c1-2-4-8-6-9-5-7(8)3-1;/h1-4,9H,5-6H2;. The molecule has 1 aromatic rings. The van der Waals surface area contributed by atoms with E-state index < -0.39 is 0 Å². The van der Waals surface area contributed by atoms with Gasteiger partial charge in [0, 0.05) is 19.2 Å². The molecule has 0 atom stereocenters. The smallest absolute Gasteiger partial charge is 0.0211 e. The molecule has 10 heavy (non-hydrogen) atoms. The lowest BCUT2D eigenvalue weighted by Crippen LogP contribution is -1.99. The molecule has 1 aliphatic heterocycles. The normalized spacial score (nSPS) is 14.0. The second-order valence-electron chi connectivity index (χ2n) is 2.37. The minimum Gasteiger partial charge on any atom is -0.309 e. The van der Waals surface area contributed by atoms with Crippen LogP contribution in [0.3, 0.4) is 0 Å². The van der Waals surface area contributed by atoms with Crippen molar-refractivity contribution in [3.8, 4) is 0 Å². The molecule has 0 saturated carbocycles. The highest BCUT2D eigenvalue weighted by Gasteiger charge is 2.06. The molecule has 2 heteroatoms. The van der Waals surface area contributed by atoms with E-state index in [1.807, 2.05) is 0 Å². The first-order chi connectivity index (χ1) is 4.47. The van der Waals surface area contributed by atoms with E-state index in [1.54, 1.807) is 0 Å². The monoisotopic (exact) mass is 133 g/mol. The zero-order valence-corrected chi connectivity index (χ0v) is 5.67. The molecule has 0 amide bonds. The predicted molar refractivity (Wildman–Crippen MR) is 39.1 cm³/mol. The molecule has 3 radical (unpaired) electrons. The third kappa shape index (κ3) is 1.03. The fourth-order valence-electron chi connectivity index (χ4n) is 1.23. The van der Waals surface area contributed by atoms with Crippen molar-refractivity contribution in [1.82, 2.24) is 11.5 Å². The highest BCUT2D eigenvalue weighted by atomic mass is 14.9. The van der Waals surface area contributed by atoms with Gasteiger partial charge in [-0.1, -0.05) is 24.3 Å². The van der Waals surface area contributed by atoms with Crippen LogP contribution in [-0.4, -0.2) is 0 Å². The highest BCUT2D eigenvalue weighted by Crippen LogP contribution is 2.12. The van der Waals surface area contributed by atoms with Crippen molar-refractivity contribution in [3.05, 3.63) is 35.4 Å². The number of hydrogen-bond acceptors (Lipinski definition) is 1. The van der Waals surface area contributed by atoms with Crippen LogP contribution in [0, 0.1) is 0 Å². The van der Waals surface area contributed by atoms with Gasteiger partial charge < -0.3 is 5.32 Å². The summed E-state index contributed by atoms with van der Waals surface area (Å²) in [5.74, 6) is 0. The summed E-state index contributed by atoms with van der Waals surface area (Å²) in [5, 5.41) is 3.29. The Balaban J connectivity index is 0.000000500. The Morgan fingerprint density at radius 2 is 1.50 bits per heavy atom. The van der Waals surface area contributed by atoms with Crippen LogP contribution < -0.4 is 11.5 Å². The van der Waals surface area contributed by atoms with Gasteiger partial charge in [-0.3, -0.25) is 0 Å². The number of nitrogens with zero attached hydrogens (tertiary/aromatic N) is 1. The van der Waals surface area contributed by atoms with E-state index in [0.717, 1.165) is 13.1 Å². The molecule has 0 unspecified atom stereocenters. The van der Waals surface area contributed by atoms with Crippen LogP contribution in [0.5, 0.6) is 0 Å². The maximum absolute atomic E-state index is 3.29. The lowest BCUT2D eigenvalue weighted by atomic mass is 10.1. The Bertz CT molecular complexity index is 197. The number of hydrogen-bond donors (Lipinski definition) is 1. The van der Waals surface area contributed by atoms with Crippen LogP contribution in [-0.2, 0) is 13.1 Å². The van der Waals surface area contributed by atoms with Crippen LogP contribution in [0.4, 0.5) is 0 Å². The van der Waals surface area contributed by atoms with Gasteiger partial charge in [0.2, 0.25) is 0 Å². The molecular formula is C8H9N2. The maximum atomic E-state index is 3.29. The zero-order chi connectivity index (χ0) is 6.10. The van der Waals surface area contributed by atoms with Gasteiger partial charge >= 0.3 is 0 Å². The van der Waals surface area contributed by atoms with Crippen LogP contribution in [0.25, 0.3) is 0 Å². The average Bonchev–Trinajstić information content (AvgIpc) is 2.33. The topological polar surface area (TPSA) is 42.5 Å².